The first kappa shape index (κ1) is 17.6. The maximum Gasteiger partial charge on any atom is 0.243 e. The Balaban J connectivity index is 2.14. The van der Waals surface area contributed by atoms with Gasteiger partial charge < -0.3 is 5.11 Å². The molecule has 0 heterocycles. The highest BCUT2D eigenvalue weighted by Crippen LogP contribution is 2.32. The van der Waals surface area contributed by atoms with Crippen molar-refractivity contribution in [3.63, 3.8) is 0 Å². The lowest BCUT2D eigenvalue weighted by Crippen LogP contribution is -2.26. The zero-order valence-electron chi connectivity index (χ0n) is 11.2. The largest absolute Gasteiger partial charge is 0.508 e. The number of para-hydroxylation sites is 1. The highest BCUT2D eigenvalue weighted by atomic mass is 79.9. The molecule has 0 aromatic heterocycles. The number of hydrogen-bond acceptors (Lipinski definition) is 3. The van der Waals surface area contributed by atoms with E-state index in [1.54, 1.807) is 24.3 Å². The number of sulfonamides is 1. The van der Waals surface area contributed by atoms with Gasteiger partial charge in [-0.25, -0.2) is 13.1 Å². The molecule has 4 nitrogen and oxygen atoms in total. The summed E-state index contributed by atoms with van der Waals surface area (Å²) in [6.07, 6.45) is 0.345. The van der Waals surface area contributed by atoms with Crippen molar-refractivity contribution in [3.05, 3.63) is 56.5 Å². The van der Waals surface area contributed by atoms with Gasteiger partial charge in [-0.2, -0.15) is 0 Å². The number of benzene rings is 2. The molecule has 2 rings (SSSR count). The van der Waals surface area contributed by atoms with E-state index in [9.17, 15) is 13.5 Å². The van der Waals surface area contributed by atoms with Gasteiger partial charge in [0.2, 0.25) is 10.0 Å². The van der Waals surface area contributed by atoms with E-state index in [1.165, 1.54) is 12.1 Å². The van der Waals surface area contributed by atoms with Gasteiger partial charge in [-0.05, 0) is 30.2 Å². The Labute approximate surface area is 147 Å². The highest BCUT2D eigenvalue weighted by molar-refractivity contribution is 9.10. The number of nitrogens with one attached hydrogen (secondary N) is 1. The number of hydrogen-bond donors (Lipinski definition) is 2. The molecular weight excluding hydrogens is 413 g/mol. The van der Waals surface area contributed by atoms with Crippen LogP contribution in [-0.2, 0) is 16.4 Å². The summed E-state index contributed by atoms with van der Waals surface area (Å²) in [5.41, 5.74) is 0.651. The molecule has 0 saturated heterocycles. The molecule has 0 bridgehead atoms. The van der Waals surface area contributed by atoms with Gasteiger partial charge in [0.05, 0.1) is 10.0 Å². The third-order valence-electron chi connectivity index (χ3n) is 2.91. The maximum atomic E-state index is 12.3. The summed E-state index contributed by atoms with van der Waals surface area (Å²) in [7, 11) is -3.84. The van der Waals surface area contributed by atoms with Gasteiger partial charge in [0, 0.05) is 11.0 Å². The smallest absolute Gasteiger partial charge is 0.243 e. The molecule has 0 amide bonds. The van der Waals surface area contributed by atoms with Crippen molar-refractivity contribution in [2.75, 3.05) is 6.54 Å². The van der Waals surface area contributed by atoms with E-state index in [1.807, 2.05) is 0 Å². The molecule has 2 aromatic carbocycles. The lowest BCUT2D eigenvalue weighted by molar-refractivity contribution is 0.467. The topological polar surface area (TPSA) is 66.4 Å². The van der Waals surface area contributed by atoms with E-state index in [2.05, 4.69) is 20.7 Å². The molecule has 0 radical (unpaired) electrons. The van der Waals surface area contributed by atoms with Gasteiger partial charge in [0.1, 0.15) is 10.6 Å². The summed E-state index contributed by atoms with van der Waals surface area (Å²) in [5, 5.41) is 9.72. The summed E-state index contributed by atoms with van der Waals surface area (Å²) in [4.78, 5) is -0.156. The van der Waals surface area contributed by atoms with Crippen LogP contribution < -0.4 is 4.72 Å². The standard InChI is InChI=1S/C14H12BrCl2NO3S/c15-10-7-11(16)14(12(17)8-10)22(20,21)18-6-5-9-3-1-2-4-13(9)19/h1-4,7-8,18-19H,5-6H2. The van der Waals surface area contributed by atoms with Crippen molar-refractivity contribution in [3.8, 4) is 5.75 Å². The minimum atomic E-state index is -3.84. The van der Waals surface area contributed by atoms with Crippen LogP contribution in [0.5, 0.6) is 5.75 Å². The molecule has 2 aromatic rings. The number of aromatic hydroxyl groups is 1. The fourth-order valence-electron chi connectivity index (χ4n) is 1.90. The maximum absolute atomic E-state index is 12.3. The van der Waals surface area contributed by atoms with Crippen LogP contribution in [-0.4, -0.2) is 20.1 Å². The van der Waals surface area contributed by atoms with Crippen molar-refractivity contribution < 1.29 is 13.5 Å². The Morgan fingerprint density at radius 2 is 1.73 bits per heavy atom. The van der Waals surface area contributed by atoms with Crippen molar-refractivity contribution >= 4 is 49.2 Å². The zero-order valence-corrected chi connectivity index (χ0v) is 15.1. The Morgan fingerprint density at radius 1 is 1.14 bits per heavy atom. The molecule has 0 aliphatic rings. The zero-order chi connectivity index (χ0) is 16.3. The molecule has 22 heavy (non-hydrogen) atoms. The SMILES string of the molecule is O=S(=O)(NCCc1ccccc1O)c1c(Cl)cc(Br)cc1Cl. The van der Waals surface area contributed by atoms with Crippen LogP contribution in [0.1, 0.15) is 5.56 Å². The molecule has 0 saturated carbocycles. The van der Waals surface area contributed by atoms with Gasteiger partial charge in [-0.3, -0.25) is 0 Å². The van der Waals surface area contributed by atoms with Crippen LogP contribution in [0.2, 0.25) is 10.0 Å². The van der Waals surface area contributed by atoms with Gasteiger partial charge in [0.15, 0.2) is 0 Å². The Hall–Kier alpha value is -0.790. The highest BCUT2D eigenvalue weighted by Gasteiger charge is 2.22. The molecular formula is C14H12BrCl2NO3S. The van der Waals surface area contributed by atoms with Crippen molar-refractivity contribution in [2.45, 2.75) is 11.3 Å². The molecule has 0 fully saturated rings. The summed E-state index contributed by atoms with van der Waals surface area (Å²) in [5.74, 6) is 0.126. The first-order chi connectivity index (χ1) is 10.3. The molecule has 0 aliphatic heterocycles. The minimum Gasteiger partial charge on any atom is -0.508 e. The van der Waals surface area contributed by atoms with Crippen LogP contribution in [0.3, 0.4) is 0 Å². The molecule has 0 aliphatic carbocycles. The van der Waals surface area contributed by atoms with Crippen molar-refractivity contribution in [2.24, 2.45) is 0 Å². The van der Waals surface area contributed by atoms with E-state index < -0.39 is 10.0 Å². The Morgan fingerprint density at radius 3 is 2.32 bits per heavy atom. The predicted octanol–water partition coefficient (Wildman–Crippen LogP) is 3.98. The van der Waals surface area contributed by atoms with E-state index in [0.717, 1.165) is 0 Å². The molecule has 118 valence electrons. The third kappa shape index (κ3) is 4.14. The predicted molar refractivity (Wildman–Crippen MR) is 91.2 cm³/mol. The van der Waals surface area contributed by atoms with E-state index >= 15 is 0 Å². The van der Waals surface area contributed by atoms with E-state index in [-0.39, 0.29) is 27.2 Å². The summed E-state index contributed by atoms with van der Waals surface area (Å²) in [6.45, 7) is 0.114. The van der Waals surface area contributed by atoms with Gasteiger partial charge in [-0.15, -0.1) is 0 Å². The fraction of sp³-hybridized carbons (Fsp3) is 0.143. The second-order valence-corrected chi connectivity index (χ2v) is 7.91. The lowest BCUT2D eigenvalue weighted by Gasteiger charge is -2.11. The monoisotopic (exact) mass is 423 g/mol. The van der Waals surface area contributed by atoms with Crippen LogP contribution in [0.15, 0.2) is 45.8 Å². The van der Waals surface area contributed by atoms with Crippen molar-refractivity contribution in [1.82, 2.24) is 4.72 Å². The van der Waals surface area contributed by atoms with E-state index in [0.29, 0.717) is 16.5 Å². The number of halogens is 3. The number of phenols is 1. The quantitative estimate of drug-likeness (QED) is 0.762. The summed E-state index contributed by atoms with van der Waals surface area (Å²) < 4.78 is 27.6. The van der Waals surface area contributed by atoms with Crippen LogP contribution in [0.25, 0.3) is 0 Å². The minimum absolute atomic E-state index is 0.0365. The summed E-state index contributed by atoms with van der Waals surface area (Å²) >= 11 is 15.1. The van der Waals surface area contributed by atoms with Crippen molar-refractivity contribution in [1.29, 1.82) is 0 Å². The molecule has 0 spiro atoms. The average Bonchev–Trinajstić information content (AvgIpc) is 2.39. The fourth-order valence-corrected chi connectivity index (χ4v) is 4.86. The number of rotatable bonds is 5. The second kappa shape index (κ2) is 7.19. The van der Waals surface area contributed by atoms with Crippen LogP contribution >= 0.6 is 39.1 Å². The Kier molecular flexibility index (Phi) is 5.74. The third-order valence-corrected chi connectivity index (χ3v) is 5.75. The second-order valence-electron chi connectivity index (χ2n) is 4.48. The molecule has 0 unspecified atom stereocenters. The lowest BCUT2D eigenvalue weighted by atomic mass is 10.1. The normalized spacial score (nSPS) is 11.6. The Bertz CT molecular complexity index is 773. The number of phenolic OH excluding ortho intramolecular Hbond substituents is 1. The average molecular weight is 425 g/mol. The van der Waals surface area contributed by atoms with Gasteiger partial charge in [-0.1, -0.05) is 57.3 Å². The van der Waals surface area contributed by atoms with Crippen LogP contribution in [0, 0.1) is 0 Å². The van der Waals surface area contributed by atoms with E-state index in [4.69, 9.17) is 23.2 Å². The first-order valence-electron chi connectivity index (χ1n) is 6.22. The molecule has 0 atom stereocenters. The van der Waals surface area contributed by atoms with Crippen LogP contribution in [0.4, 0.5) is 0 Å². The van der Waals surface area contributed by atoms with Gasteiger partial charge >= 0.3 is 0 Å². The first-order valence-corrected chi connectivity index (χ1v) is 9.25. The molecule has 2 N–H and O–H groups in total. The summed E-state index contributed by atoms with van der Waals surface area (Å²) in [6, 6.07) is 9.67. The molecule has 8 heteroatoms. The van der Waals surface area contributed by atoms with Gasteiger partial charge in [0.25, 0.3) is 0 Å².